The molecular weight excluding hydrogens is 494 g/mol. The van der Waals surface area contributed by atoms with E-state index in [0.29, 0.717) is 18.5 Å². The van der Waals surface area contributed by atoms with Crippen LogP contribution in [-0.4, -0.2) is 52.6 Å². The third kappa shape index (κ3) is 10.6. The minimum atomic E-state index is -1.06. The van der Waals surface area contributed by atoms with Crippen molar-refractivity contribution in [3.63, 3.8) is 0 Å². The number of ether oxygens (including phenoxy) is 1. The first kappa shape index (κ1) is 31.7. The van der Waals surface area contributed by atoms with Gasteiger partial charge in [0, 0.05) is 25.1 Å². The van der Waals surface area contributed by atoms with Crippen LogP contribution in [0.4, 0.5) is 4.79 Å². The largest absolute Gasteiger partial charge is 0.508 e. The fraction of sp³-hybridized carbons (Fsp3) is 0.516. The van der Waals surface area contributed by atoms with Crippen LogP contribution in [0.15, 0.2) is 54.6 Å². The van der Waals surface area contributed by atoms with Crippen molar-refractivity contribution in [3.05, 3.63) is 65.7 Å². The Morgan fingerprint density at radius 2 is 1.56 bits per heavy atom. The number of rotatable bonds is 14. The Morgan fingerprint density at radius 3 is 2.18 bits per heavy atom. The van der Waals surface area contributed by atoms with Crippen LogP contribution in [0.2, 0.25) is 0 Å². The highest BCUT2D eigenvalue weighted by atomic mass is 16.6. The summed E-state index contributed by atoms with van der Waals surface area (Å²) in [6, 6.07) is 13.9. The molecule has 0 aliphatic heterocycles. The van der Waals surface area contributed by atoms with E-state index in [2.05, 4.69) is 17.6 Å². The van der Waals surface area contributed by atoms with Gasteiger partial charge in [-0.25, -0.2) is 4.79 Å². The Kier molecular flexibility index (Phi) is 12.8. The van der Waals surface area contributed by atoms with Crippen molar-refractivity contribution >= 4 is 17.9 Å². The van der Waals surface area contributed by atoms with Crippen molar-refractivity contribution in [1.29, 1.82) is 0 Å². The molecule has 39 heavy (non-hydrogen) atoms. The molecule has 0 aliphatic carbocycles. The Labute approximate surface area is 233 Å². The normalized spacial score (nSPS) is 12.7. The van der Waals surface area contributed by atoms with Crippen LogP contribution in [0, 0.1) is 0 Å². The maximum Gasteiger partial charge on any atom is 0.408 e. The topological polar surface area (TPSA) is 108 Å². The van der Waals surface area contributed by atoms with Crippen molar-refractivity contribution in [2.45, 2.75) is 90.8 Å². The lowest BCUT2D eigenvalue weighted by molar-refractivity contribution is -0.142. The van der Waals surface area contributed by atoms with Gasteiger partial charge in [0.05, 0.1) is 0 Å². The highest BCUT2D eigenvalue weighted by Gasteiger charge is 2.37. The Hall–Kier alpha value is -3.55. The second-order valence-electron chi connectivity index (χ2n) is 10.7. The predicted octanol–water partition coefficient (Wildman–Crippen LogP) is 5.50. The first-order valence-corrected chi connectivity index (χ1v) is 14.0. The number of benzene rings is 2. The maximum atomic E-state index is 14.3. The number of amides is 3. The number of phenols is 1. The first-order valence-electron chi connectivity index (χ1n) is 14.0. The molecule has 0 saturated heterocycles. The second-order valence-corrected chi connectivity index (χ2v) is 10.7. The van der Waals surface area contributed by atoms with E-state index in [-0.39, 0.29) is 24.6 Å². The van der Waals surface area contributed by atoms with Gasteiger partial charge in [-0.05, 0) is 45.2 Å². The summed E-state index contributed by atoms with van der Waals surface area (Å²) in [4.78, 5) is 42.2. The molecule has 0 heterocycles. The Morgan fingerprint density at radius 1 is 0.923 bits per heavy atom. The fourth-order valence-electron chi connectivity index (χ4n) is 4.25. The van der Waals surface area contributed by atoms with Gasteiger partial charge in [0.2, 0.25) is 11.8 Å². The number of carbonyl (C=O) groups is 3. The summed E-state index contributed by atoms with van der Waals surface area (Å²) < 4.78 is 5.46. The molecule has 2 rings (SSSR count). The van der Waals surface area contributed by atoms with Crippen LogP contribution in [-0.2, 0) is 20.7 Å². The van der Waals surface area contributed by atoms with E-state index in [1.54, 1.807) is 39.0 Å². The predicted molar refractivity (Wildman–Crippen MR) is 153 cm³/mol. The smallest absolute Gasteiger partial charge is 0.408 e. The second kappa shape index (κ2) is 15.8. The number of nitrogens with one attached hydrogen (secondary N) is 2. The molecule has 2 unspecified atom stereocenters. The van der Waals surface area contributed by atoms with Crippen LogP contribution in [0.3, 0.4) is 0 Å². The molecule has 0 fully saturated rings. The molecule has 0 aliphatic rings. The summed E-state index contributed by atoms with van der Waals surface area (Å²) in [5.41, 5.74) is 0.444. The van der Waals surface area contributed by atoms with Gasteiger partial charge in [0.15, 0.2) is 0 Å². The van der Waals surface area contributed by atoms with E-state index in [1.807, 2.05) is 37.3 Å². The molecule has 8 nitrogen and oxygen atoms in total. The average molecular weight is 540 g/mol. The van der Waals surface area contributed by atoms with E-state index < -0.39 is 29.7 Å². The number of alkyl carbamates (subject to hydrolysis) is 1. The lowest BCUT2D eigenvalue weighted by atomic mass is 9.99. The number of unbranched alkanes of at least 4 members (excludes halogenated alkanes) is 3. The lowest BCUT2D eigenvalue weighted by Gasteiger charge is -2.35. The van der Waals surface area contributed by atoms with Gasteiger partial charge in [-0.2, -0.15) is 0 Å². The van der Waals surface area contributed by atoms with Gasteiger partial charge in [-0.1, -0.05) is 81.6 Å². The third-order valence-electron chi connectivity index (χ3n) is 6.18. The molecule has 0 spiro atoms. The molecule has 8 heteroatoms. The molecule has 214 valence electrons. The standard InChI is InChI=1S/C31H45N3O5/c1-6-8-15-20-32-28(36)27(24-18-13-14-19-26(24)35)34(21-9-7-2)29(37)25(22-23-16-11-10-12-17-23)33-30(38)39-31(3,4)5/h10-14,16-19,25,27,35H,6-9,15,20-22H2,1-5H3,(H,32,36)(H,33,38). The lowest BCUT2D eigenvalue weighted by Crippen LogP contribution is -2.54. The van der Waals surface area contributed by atoms with E-state index in [9.17, 15) is 19.5 Å². The molecular formula is C31H45N3O5. The molecule has 2 aromatic carbocycles. The molecule has 3 N–H and O–H groups in total. The van der Waals surface area contributed by atoms with E-state index >= 15 is 0 Å². The summed E-state index contributed by atoms with van der Waals surface area (Å²) in [6.45, 7) is 10.1. The quantitative estimate of drug-likeness (QED) is 0.275. The first-order chi connectivity index (χ1) is 18.6. The van der Waals surface area contributed by atoms with Crippen molar-refractivity contribution in [2.75, 3.05) is 13.1 Å². The summed E-state index contributed by atoms with van der Waals surface area (Å²) in [7, 11) is 0. The number of hydrogen-bond acceptors (Lipinski definition) is 5. The van der Waals surface area contributed by atoms with Gasteiger partial charge in [0.25, 0.3) is 0 Å². The molecule has 2 atom stereocenters. The third-order valence-corrected chi connectivity index (χ3v) is 6.18. The highest BCUT2D eigenvalue weighted by Crippen LogP contribution is 2.30. The zero-order valence-corrected chi connectivity index (χ0v) is 24.0. The van der Waals surface area contributed by atoms with E-state index in [4.69, 9.17) is 4.74 Å². The summed E-state index contributed by atoms with van der Waals surface area (Å²) >= 11 is 0. The molecule has 3 amide bonds. The van der Waals surface area contributed by atoms with Crippen LogP contribution >= 0.6 is 0 Å². The Bertz CT molecular complexity index is 1050. The fourth-order valence-corrected chi connectivity index (χ4v) is 4.25. The average Bonchev–Trinajstić information content (AvgIpc) is 2.88. The van der Waals surface area contributed by atoms with Crippen LogP contribution in [0.25, 0.3) is 0 Å². The molecule has 0 bridgehead atoms. The number of aromatic hydroxyl groups is 1. The van der Waals surface area contributed by atoms with Gasteiger partial charge in [0.1, 0.15) is 23.4 Å². The summed E-state index contributed by atoms with van der Waals surface area (Å²) in [5.74, 6) is -0.858. The number of carbonyl (C=O) groups excluding carboxylic acids is 3. The zero-order valence-electron chi connectivity index (χ0n) is 24.0. The summed E-state index contributed by atoms with van der Waals surface area (Å²) in [6.07, 6.45) is 3.73. The van der Waals surface area contributed by atoms with Crippen LogP contribution in [0.5, 0.6) is 5.75 Å². The monoisotopic (exact) mass is 539 g/mol. The molecule has 0 saturated carbocycles. The molecule has 2 aromatic rings. The number of para-hydroxylation sites is 1. The van der Waals surface area contributed by atoms with Crippen molar-refractivity contribution in [2.24, 2.45) is 0 Å². The summed E-state index contributed by atoms with van der Waals surface area (Å²) in [5, 5.41) is 16.4. The van der Waals surface area contributed by atoms with Gasteiger partial charge < -0.3 is 25.4 Å². The van der Waals surface area contributed by atoms with E-state index in [0.717, 1.165) is 31.2 Å². The van der Waals surface area contributed by atoms with Gasteiger partial charge in [-0.15, -0.1) is 0 Å². The molecule has 0 aromatic heterocycles. The van der Waals surface area contributed by atoms with Crippen molar-refractivity contribution in [3.8, 4) is 5.75 Å². The number of hydrogen-bond donors (Lipinski definition) is 3. The van der Waals surface area contributed by atoms with Gasteiger partial charge >= 0.3 is 6.09 Å². The zero-order chi connectivity index (χ0) is 28.8. The van der Waals surface area contributed by atoms with Crippen LogP contribution in [0.1, 0.15) is 83.9 Å². The maximum absolute atomic E-state index is 14.3. The Balaban J connectivity index is 2.49. The number of nitrogens with zero attached hydrogens (tertiary/aromatic N) is 1. The van der Waals surface area contributed by atoms with E-state index in [1.165, 1.54) is 11.0 Å². The van der Waals surface area contributed by atoms with Crippen molar-refractivity contribution in [1.82, 2.24) is 15.5 Å². The molecule has 0 radical (unpaired) electrons. The van der Waals surface area contributed by atoms with Gasteiger partial charge in [-0.3, -0.25) is 9.59 Å². The number of phenolic OH excluding ortho intramolecular Hbond substituents is 1. The highest BCUT2D eigenvalue weighted by molar-refractivity contribution is 5.92. The minimum absolute atomic E-state index is 0.0692. The van der Waals surface area contributed by atoms with Crippen LogP contribution < -0.4 is 10.6 Å². The van der Waals surface area contributed by atoms with Crippen molar-refractivity contribution < 1.29 is 24.2 Å². The SMILES string of the molecule is CCCCCNC(=O)C(c1ccccc1O)N(CCCC)C(=O)C(Cc1ccccc1)NC(=O)OC(C)(C)C. The minimum Gasteiger partial charge on any atom is -0.508 e.